The Labute approximate surface area is 81.9 Å². The van der Waals surface area contributed by atoms with Crippen LogP contribution in [0.5, 0.6) is 0 Å². The van der Waals surface area contributed by atoms with Crippen molar-refractivity contribution in [2.24, 2.45) is 17.4 Å². The zero-order valence-corrected chi connectivity index (χ0v) is 6.90. The van der Waals surface area contributed by atoms with Crippen molar-refractivity contribution in [2.45, 2.75) is 40.4 Å². The van der Waals surface area contributed by atoms with Crippen LogP contribution >= 0.6 is 0 Å². The highest BCUT2D eigenvalue weighted by atomic mass is 16.3. The molecule has 0 bridgehead atoms. The zero-order chi connectivity index (χ0) is 8.85. The standard InChI is InChI=1S/C7H18N2O2.2CH4/c1-5(10)2-7(11)6(3-8)4-9;;/h5-7,10-11H,2-4,8-9H2,1H3;2*1H4. The van der Waals surface area contributed by atoms with Crippen molar-refractivity contribution in [2.75, 3.05) is 13.1 Å². The summed E-state index contributed by atoms with van der Waals surface area (Å²) in [6, 6.07) is 0. The molecule has 0 rings (SSSR count). The van der Waals surface area contributed by atoms with Crippen LogP contribution in [0.25, 0.3) is 0 Å². The number of hydrogen-bond acceptors (Lipinski definition) is 4. The van der Waals surface area contributed by atoms with E-state index in [1.54, 1.807) is 6.92 Å². The van der Waals surface area contributed by atoms with E-state index < -0.39 is 12.2 Å². The van der Waals surface area contributed by atoms with E-state index >= 15 is 0 Å². The van der Waals surface area contributed by atoms with Crippen LogP contribution in [-0.2, 0) is 0 Å². The van der Waals surface area contributed by atoms with Crippen molar-refractivity contribution >= 4 is 0 Å². The summed E-state index contributed by atoms with van der Waals surface area (Å²) in [6.45, 7) is 2.36. The molecule has 2 unspecified atom stereocenters. The molecule has 6 N–H and O–H groups in total. The fourth-order valence-electron chi connectivity index (χ4n) is 0.952. The highest BCUT2D eigenvalue weighted by Gasteiger charge is 2.17. The van der Waals surface area contributed by atoms with Gasteiger partial charge in [-0.1, -0.05) is 14.9 Å². The van der Waals surface area contributed by atoms with Crippen molar-refractivity contribution < 1.29 is 10.2 Å². The van der Waals surface area contributed by atoms with E-state index in [4.69, 9.17) is 16.6 Å². The highest BCUT2D eigenvalue weighted by molar-refractivity contribution is 4.71. The predicted octanol–water partition coefficient (Wildman–Crippen LogP) is -0.0760. The molecule has 0 fully saturated rings. The van der Waals surface area contributed by atoms with Gasteiger partial charge < -0.3 is 21.7 Å². The average Bonchev–Trinajstić information content (AvgIpc) is 1.88. The van der Waals surface area contributed by atoms with Crippen LogP contribution in [0, 0.1) is 5.92 Å². The van der Waals surface area contributed by atoms with Gasteiger partial charge in [0.1, 0.15) is 0 Å². The molecule has 2 atom stereocenters. The summed E-state index contributed by atoms with van der Waals surface area (Å²) < 4.78 is 0. The van der Waals surface area contributed by atoms with Crippen LogP contribution < -0.4 is 11.5 Å². The highest BCUT2D eigenvalue weighted by Crippen LogP contribution is 2.06. The number of rotatable bonds is 5. The lowest BCUT2D eigenvalue weighted by atomic mass is 9.98. The van der Waals surface area contributed by atoms with Gasteiger partial charge in [0.05, 0.1) is 12.2 Å². The molecule has 0 aromatic carbocycles. The third kappa shape index (κ3) is 8.18. The van der Waals surface area contributed by atoms with E-state index in [1.165, 1.54) is 0 Å². The molecule has 4 heteroatoms. The lowest BCUT2D eigenvalue weighted by molar-refractivity contribution is 0.0555. The van der Waals surface area contributed by atoms with Crippen LogP contribution in [0.1, 0.15) is 28.2 Å². The molecule has 0 spiro atoms. The van der Waals surface area contributed by atoms with Crippen molar-refractivity contribution in [1.29, 1.82) is 0 Å². The lowest BCUT2D eigenvalue weighted by Gasteiger charge is -2.20. The second-order valence-electron chi connectivity index (χ2n) is 2.88. The van der Waals surface area contributed by atoms with Crippen molar-refractivity contribution in [3.63, 3.8) is 0 Å². The number of aliphatic hydroxyl groups is 2. The Kier molecular flexibility index (Phi) is 14.2. The normalized spacial score (nSPS) is 14.3. The van der Waals surface area contributed by atoms with Crippen LogP contribution in [0.3, 0.4) is 0 Å². The van der Waals surface area contributed by atoms with Gasteiger partial charge in [-0.15, -0.1) is 0 Å². The molecule has 0 heterocycles. The maximum atomic E-state index is 9.36. The maximum absolute atomic E-state index is 9.36. The first-order valence-corrected chi connectivity index (χ1v) is 3.88. The van der Waals surface area contributed by atoms with E-state index in [1.807, 2.05) is 0 Å². The summed E-state index contributed by atoms with van der Waals surface area (Å²) in [5, 5.41) is 18.3. The third-order valence-corrected chi connectivity index (χ3v) is 1.73. The van der Waals surface area contributed by atoms with Crippen molar-refractivity contribution in [3.8, 4) is 0 Å². The minimum absolute atomic E-state index is 0. The topological polar surface area (TPSA) is 92.5 Å². The summed E-state index contributed by atoms with van der Waals surface area (Å²) in [6.07, 6.45) is -0.727. The monoisotopic (exact) mass is 194 g/mol. The Morgan fingerprint density at radius 1 is 1.08 bits per heavy atom. The molecule has 0 aliphatic rings. The van der Waals surface area contributed by atoms with E-state index in [-0.39, 0.29) is 20.8 Å². The largest absolute Gasteiger partial charge is 0.393 e. The smallest absolute Gasteiger partial charge is 0.0617 e. The molecule has 0 saturated heterocycles. The summed E-state index contributed by atoms with van der Waals surface area (Å²) in [7, 11) is 0. The van der Waals surface area contributed by atoms with E-state index in [2.05, 4.69) is 0 Å². The molecule has 4 nitrogen and oxygen atoms in total. The first kappa shape index (κ1) is 18.6. The Morgan fingerprint density at radius 3 is 1.69 bits per heavy atom. The molecule has 0 aliphatic carbocycles. The fourth-order valence-corrected chi connectivity index (χ4v) is 0.952. The van der Waals surface area contributed by atoms with Gasteiger partial charge in [0.25, 0.3) is 0 Å². The quantitative estimate of drug-likeness (QED) is 0.493. The number of nitrogens with two attached hydrogens (primary N) is 2. The average molecular weight is 194 g/mol. The Balaban J connectivity index is -0.000000500. The minimum Gasteiger partial charge on any atom is -0.393 e. The maximum Gasteiger partial charge on any atom is 0.0617 e. The van der Waals surface area contributed by atoms with Gasteiger partial charge in [0.2, 0.25) is 0 Å². The Bertz CT molecular complexity index is 95.6. The molecular formula is C9H26N2O2. The molecule has 0 radical (unpaired) electrons. The Hall–Kier alpha value is -0.160. The van der Waals surface area contributed by atoms with Crippen LogP contribution in [0.4, 0.5) is 0 Å². The molecule has 0 aromatic heterocycles. The van der Waals surface area contributed by atoms with Crippen molar-refractivity contribution in [3.05, 3.63) is 0 Å². The minimum atomic E-state index is -0.579. The molecule has 0 saturated carbocycles. The van der Waals surface area contributed by atoms with E-state index in [0.717, 1.165) is 0 Å². The van der Waals surface area contributed by atoms with Gasteiger partial charge in [0.15, 0.2) is 0 Å². The predicted molar refractivity (Wildman–Crippen MR) is 57.4 cm³/mol. The van der Waals surface area contributed by atoms with Gasteiger partial charge in [-0.2, -0.15) is 0 Å². The van der Waals surface area contributed by atoms with Gasteiger partial charge in [-0.05, 0) is 26.4 Å². The molecule has 84 valence electrons. The summed E-state index contributed by atoms with van der Waals surface area (Å²) in [4.78, 5) is 0. The van der Waals surface area contributed by atoms with Gasteiger partial charge in [-0.3, -0.25) is 0 Å². The zero-order valence-electron chi connectivity index (χ0n) is 6.90. The molecule has 0 aromatic rings. The fraction of sp³-hybridized carbons (Fsp3) is 1.00. The van der Waals surface area contributed by atoms with Crippen LogP contribution in [-0.4, -0.2) is 35.5 Å². The number of aliphatic hydroxyl groups excluding tert-OH is 2. The third-order valence-electron chi connectivity index (χ3n) is 1.73. The Morgan fingerprint density at radius 2 is 1.46 bits per heavy atom. The lowest BCUT2D eigenvalue weighted by Crippen LogP contribution is -2.35. The molecule has 0 aliphatic heterocycles. The van der Waals surface area contributed by atoms with Crippen molar-refractivity contribution in [1.82, 2.24) is 0 Å². The summed E-state index contributed by atoms with van der Waals surface area (Å²) in [5.41, 5.74) is 10.7. The second kappa shape index (κ2) is 9.92. The first-order valence-electron chi connectivity index (χ1n) is 3.88. The van der Waals surface area contributed by atoms with E-state index in [9.17, 15) is 5.11 Å². The molecule has 13 heavy (non-hydrogen) atoms. The summed E-state index contributed by atoms with van der Waals surface area (Å²) in [5.74, 6) is -0.0930. The molecule has 0 amide bonds. The van der Waals surface area contributed by atoms with Gasteiger partial charge >= 0.3 is 0 Å². The van der Waals surface area contributed by atoms with E-state index in [0.29, 0.717) is 19.5 Å². The summed E-state index contributed by atoms with van der Waals surface area (Å²) >= 11 is 0. The first-order chi connectivity index (χ1) is 5.11. The van der Waals surface area contributed by atoms with Gasteiger partial charge in [-0.25, -0.2) is 0 Å². The second-order valence-corrected chi connectivity index (χ2v) is 2.88. The van der Waals surface area contributed by atoms with Crippen LogP contribution in [0.15, 0.2) is 0 Å². The SMILES string of the molecule is C.C.CC(O)CC(O)C(CN)CN. The van der Waals surface area contributed by atoms with Gasteiger partial charge in [0, 0.05) is 5.92 Å². The molecular weight excluding hydrogens is 168 g/mol. The number of hydrogen-bond donors (Lipinski definition) is 4. The van der Waals surface area contributed by atoms with Crippen LogP contribution in [0.2, 0.25) is 0 Å².